The Balaban J connectivity index is 2.04. The van der Waals surface area contributed by atoms with E-state index in [1.165, 1.54) is 0 Å². The van der Waals surface area contributed by atoms with Crippen LogP contribution in [0.1, 0.15) is 11.1 Å². The first kappa shape index (κ1) is 17.6. The van der Waals surface area contributed by atoms with Gasteiger partial charge in [-0.2, -0.15) is 0 Å². The van der Waals surface area contributed by atoms with E-state index in [2.05, 4.69) is 21.2 Å². The van der Waals surface area contributed by atoms with Gasteiger partial charge in [0.25, 0.3) is 0 Å². The summed E-state index contributed by atoms with van der Waals surface area (Å²) in [5.74, 6) is 1.10. The lowest BCUT2D eigenvalue weighted by molar-refractivity contribution is -0.120. The molecule has 122 valence electrons. The van der Waals surface area contributed by atoms with Crippen molar-refractivity contribution in [3.05, 3.63) is 57.0 Å². The molecule has 1 N–H and O–H groups in total. The molecule has 0 radical (unpaired) electrons. The molecule has 2 rings (SSSR count). The Morgan fingerprint density at radius 1 is 1.13 bits per heavy atom. The molecular weight excluding hydrogens is 382 g/mol. The molecule has 0 saturated heterocycles. The first-order valence-corrected chi connectivity index (χ1v) is 8.12. The van der Waals surface area contributed by atoms with E-state index in [1.54, 1.807) is 32.4 Å². The molecule has 0 unspecified atom stereocenters. The van der Waals surface area contributed by atoms with Crippen LogP contribution in [-0.4, -0.2) is 20.1 Å². The third-order valence-corrected chi connectivity index (χ3v) is 4.44. The first-order valence-electron chi connectivity index (χ1n) is 6.95. The number of carbonyl (C=O) groups is 1. The van der Waals surface area contributed by atoms with Gasteiger partial charge in [0.05, 0.1) is 20.6 Å². The molecule has 0 bridgehead atoms. The van der Waals surface area contributed by atoms with E-state index in [0.29, 0.717) is 23.1 Å². The lowest BCUT2D eigenvalue weighted by Gasteiger charge is -2.12. The molecule has 6 heteroatoms. The van der Waals surface area contributed by atoms with E-state index in [0.717, 1.165) is 15.6 Å². The second-order valence-electron chi connectivity index (χ2n) is 4.84. The maximum Gasteiger partial charge on any atom is 0.224 e. The van der Waals surface area contributed by atoms with E-state index in [4.69, 9.17) is 21.1 Å². The minimum absolute atomic E-state index is 0.0992. The van der Waals surface area contributed by atoms with Gasteiger partial charge in [0.15, 0.2) is 11.5 Å². The molecule has 0 aliphatic heterocycles. The fourth-order valence-electron chi connectivity index (χ4n) is 2.10. The maximum absolute atomic E-state index is 12.2. The van der Waals surface area contributed by atoms with Crippen LogP contribution in [0.2, 0.25) is 5.02 Å². The van der Waals surface area contributed by atoms with Crippen LogP contribution in [0.25, 0.3) is 0 Å². The second kappa shape index (κ2) is 8.22. The molecule has 23 heavy (non-hydrogen) atoms. The Hall–Kier alpha value is -1.72. The van der Waals surface area contributed by atoms with Crippen molar-refractivity contribution in [2.75, 3.05) is 14.2 Å². The summed E-state index contributed by atoms with van der Waals surface area (Å²) < 4.78 is 11.3. The van der Waals surface area contributed by atoms with Crippen LogP contribution < -0.4 is 14.8 Å². The molecule has 2 aromatic rings. The predicted molar refractivity (Wildman–Crippen MR) is 94.2 cm³/mol. The number of hydrogen-bond acceptors (Lipinski definition) is 3. The number of halogens is 2. The standard InChI is InChI=1S/C17H17BrClNO3/c1-22-15-7-12(13(18)9-16(15)23-2)8-17(21)20-10-11-5-3-4-6-14(11)19/h3-7,9H,8,10H2,1-2H3,(H,20,21). The number of methoxy groups -OCH3 is 2. The van der Waals surface area contributed by atoms with Gasteiger partial charge >= 0.3 is 0 Å². The van der Waals surface area contributed by atoms with Gasteiger partial charge in [-0.25, -0.2) is 0 Å². The van der Waals surface area contributed by atoms with Crippen LogP contribution in [0.4, 0.5) is 0 Å². The van der Waals surface area contributed by atoms with E-state index >= 15 is 0 Å². The minimum Gasteiger partial charge on any atom is -0.493 e. The van der Waals surface area contributed by atoms with Crippen molar-refractivity contribution in [3.63, 3.8) is 0 Å². The zero-order valence-electron chi connectivity index (χ0n) is 12.9. The molecular formula is C17H17BrClNO3. The van der Waals surface area contributed by atoms with Gasteiger partial charge < -0.3 is 14.8 Å². The topological polar surface area (TPSA) is 47.6 Å². The Labute approximate surface area is 148 Å². The number of hydrogen-bond donors (Lipinski definition) is 1. The molecule has 0 aromatic heterocycles. The van der Waals surface area contributed by atoms with E-state index in [9.17, 15) is 4.79 Å². The quantitative estimate of drug-likeness (QED) is 0.801. The van der Waals surface area contributed by atoms with Crippen LogP contribution in [0.3, 0.4) is 0 Å². The van der Waals surface area contributed by atoms with E-state index in [-0.39, 0.29) is 12.3 Å². The largest absolute Gasteiger partial charge is 0.493 e. The molecule has 0 atom stereocenters. The maximum atomic E-state index is 12.2. The first-order chi connectivity index (χ1) is 11.0. The molecule has 1 amide bonds. The predicted octanol–water partition coefficient (Wildman–Crippen LogP) is 3.98. The van der Waals surface area contributed by atoms with Crippen molar-refractivity contribution in [3.8, 4) is 11.5 Å². The van der Waals surface area contributed by atoms with E-state index in [1.807, 2.05) is 18.2 Å². The Bertz CT molecular complexity index is 706. The summed E-state index contributed by atoms with van der Waals surface area (Å²) >= 11 is 9.53. The average Bonchev–Trinajstić information content (AvgIpc) is 2.55. The van der Waals surface area contributed by atoms with Crippen LogP contribution >= 0.6 is 27.5 Å². The highest BCUT2D eigenvalue weighted by atomic mass is 79.9. The Morgan fingerprint density at radius 3 is 2.43 bits per heavy atom. The van der Waals surface area contributed by atoms with Gasteiger partial charge in [0, 0.05) is 16.0 Å². The van der Waals surface area contributed by atoms with Crippen molar-refractivity contribution in [2.45, 2.75) is 13.0 Å². The molecule has 0 spiro atoms. The van der Waals surface area contributed by atoms with Crippen LogP contribution in [0.15, 0.2) is 40.9 Å². The summed E-state index contributed by atoms with van der Waals surface area (Å²) in [6.07, 6.45) is 0.228. The summed E-state index contributed by atoms with van der Waals surface area (Å²) in [4.78, 5) is 12.2. The molecule has 0 heterocycles. The minimum atomic E-state index is -0.0992. The summed E-state index contributed by atoms with van der Waals surface area (Å²) in [7, 11) is 3.13. The van der Waals surface area contributed by atoms with Crippen LogP contribution in [0.5, 0.6) is 11.5 Å². The fraction of sp³-hybridized carbons (Fsp3) is 0.235. The average molecular weight is 399 g/mol. The van der Waals surface area contributed by atoms with Gasteiger partial charge in [-0.3, -0.25) is 4.79 Å². The van der Waals surface area contributed by atoms with Gasteiger partial charge in [0.1, 0.15) is 0 Å². The normalized spacial score (nSPS) is 10.3. The lowest BCUT2D eigenvalue weighted by atomic mass is 10.1. The second-order valence-corrected chi connectivity index (χ2v) is 6.11. The van der Waals surface area contributed by atoms with Crippen molar-refractivity contribution in [1.82, 2.24) is 5.32 Å². The van der Waals surface area contributed by atoms with Crippen molar-refractivity contribution in [2.24, 2.45) is 0 Å². The Morgan fingerprint density at radius 2 is 1.78 bits per heavy atom. The molecule has 4 nitrogen and oxygen atoms in total. The highest BCUT2D eigenvalue weighted by molar-refractivity contribution is 9.10. The highest BCUT2D eigenvalue weighted by Gasteiger charge is 2.13. The number of carbonyl (C=O) groups excluding carboxylic acids is 1. The van der Waals surface area contributed by atoms with Crippen molar-refractivity contribution in [1.29, 1.82) is 0 Å². The van der Waals surface area contributed by atoms with Crippen LogP contribution in [0, 0.1) is 0 Å². The number of ether oxygens (including phenoxy) is 2. The van der Waals surface area contributed by atoms with Crippen molar-refractivity contribution < 1.29 is 14.3 Å². The van der Waals surface area contributed by atoms with E-state index < -0.39 is 0 Å². The number of amides is 1. The molecule has 0 aliphatic carbocycles. The van der Waals surface area contributed by atoms with Crippen molar-refractivity contribution >= 4 is 33.4 Å². The zero-order chi connectivity index (χ0) is 16.8. The SMILES string of the molecule is COc1cc(Br)c(CC(=O)NCc2ccccc2Cl)cc1OC. The summed E-state index contributed by atoms with van der Waals surface area (Å²) in [6.45, 7) is 0.392. The fourth-order valence-corrected chi connectivity index (χ4v) is 2.77. The molecule has 0 aliphatic rings. The van der Waals surface area contributed by atoms with Gasteiger partial charge in [-0.05, 0) is 29.3 Å². The lowest BCUT2D eigenvalue weighted by Crippen LogP contribution is -2.24. The third kappa shape index (κ3) is 4.62. The summed E-state index contributed by atoms with van der Waals surface area (Å²) in [5.41, 5.74) is 1.70. The molecule has 0 saturated carbocycles. The molecule has 0 fully saturated rings. The monoisotopic (exact) mass is 397 g/mol. The zero-order valence-corrected chi connectivity index (χ0v) is 15.2. The van der Waals surface area contributed by atoms with Gasteiger partial charge in [-0.15, -0.1) is 0 Å². The Kier molecular flexibility index (Phi) is 6.30. The third-order valence-electron chi connectivity index (χ3n) is 3.34. The number of benzene rings is 2. The number of rotatable bonds is 6. The van der Waals surface area contributed by atoms with Gasteiger partial charge in [0.2, 0.25) is 5.91 Å². The van der Waals surface area contributed by atoms with Crippen LogP contribution in [-0.2, 0) is 17.8 Å². The molecule has 2 aromatic carbocycles. The van der Waals surface area contributed by atoms with Gasteiger partial charge in [-0.1, -0.05) is 45.7 Å². The smallest absolute Gasteiger partial charge is 0.224 e. The highest BCUT2D eigenvalue weighted by Crippen LogP contribution is 2.33. The summed E-state index contributed by atoms with van der Waals surface area (Å²) in [6, 6.07) is 11.0. The summed E-state index contributed by atoms with van der Waals surface area (Å²) in [5, 5.41) is 3.50. The number of nitrogens with one attached hydrogen (secondary N) is 1.